The summed E-state index contributed by atoms with van der Waals surface area (Å²) < 4.78 is 5.70. The highest BCUT2D eigenvalue weighted by Crippen LogP contribution is 2.24. The number of benzene rings is 1. The SMILES string of the molecule is CCCCOc1ccc2nc(C)cc(CC(N)=O)c2c1. The molecule has 20 heavy (non-hydrogen) atoms. The molecule has 0 spiro atoms. The average Bonchev–Trinajstić information content (AvgIpc) is 2.39. The number of rotatable bonds is 6. The van der Waals surface area contributed by atoms with Crippen LogP contribution >= 0.6 is 0 Å². The second-order valence-corrected chi connectivity index (χ2v) is 4.95. The van der Waals surface area contributed by atoms with Gasteiger partial charge in [0, 0.05) is 11.1 Å². The Labute approximate surface area is 119 Å². The van der Waals surface area contributed by atoms with E-state index in [1.807, 2.05) is 31.2 Å². The van der Waals surface area contributed by atoms with Crippen molar-refractivity contribution in [1.82, 2.24) is 4.98 Å². The second-order valence-electron chi connectivity index (χ2n) is 4.95. The summed E-state index contributed by atoms with van der Waals surface area (Å²) in [6, 6.07) is 7.69. The van der Waals surface area contributed by atoms with Gasteiger partial charge in [0.25, 0.3) is 0 Å². The maximum atomic E-state index is 11.2. The van der Waals surface area contributed by atoms with Crippen LogP contribution in [-0.4, -0.2) is 17.5 Å². The molecule has 2 aromatic rings. The predicted octanol–water partition coefficient (Wildman–Crippen LogP) is 2.75. The molecule has 0 radical (unpaired) electrons. The monoisotopic (exact) mass is 272 g/mol. The summed E-state index contributed by atoms with van der Waals surface area (Å²) in [6.07, 6.45) is 2.35. The lowest BCUT2D eigenvalue weighted by Gasteiger charge is -2.10. The van der Waals surface area contributed by atoms with Gasteiger partial charge in [0.2, 0.25) is 5.91 Å². The first-order chi connectivity index (χ1) is 9.60. The van der Waals surface area contributed by atoms with E-state index in [9.17, 15) is 4.79 Å². The Balaban J connectivity index is 2.37. The highest BCUT2D eigenvalue weighted by Gasteiger charge is 2.08. The number of primary amides is 1. The van der Waals surface area contributed by atoms with Crippen molar-refractivity contribution in [2.24, 2.45) is 5.73 Å². The Morgan fingerprint density at radius 1 is 1.35 bits per heavy atom. The fraction of sp³-hybridized carbons (Fsp3) is 0.375. The molecule has 0 saturated carbocycles. The zero-order chi connectivity index (χ0) is 14.5. The van der Waals surface area contributed by atoms with Crippen molar-refractivity contribution < 1.29 is 9.53 Å². The summed E-state index contributed by atoms with van der Waals surface area (Å²) in [6.45, 7) is 4.74. The van der Waals surface area contributed by atoms with Crippen LogP contribution in [0, 0.1) is 6.92 Å². The van der Waals surface area contributed by atoms with Crippen molar-refractivity contribution in [2.75, 3.05) is 6.61 Å². The van der Waals surface area contributed by atoms with Crippen molar-refractivity contribution in [1.29, 1.82) is 0 Å². The summed E-state index contributed by atoms with van der Waals surface area (Å²) in [4.78, 5) is 15.7. The minimum absolute atomic E-state index is 0.221. The molecule has 0 atom stereocenters. The summed E-state index contributed by atoms with van der Waals surface area (Å²) in [7, 11) is 0. The fourth-order valence-corrected chi connectivity index (χ4v) is 2.18. The van der Waals surface area contributed by atoms with Gasteiger partial charge in [-0.3, -0.25) is 9.78 Å². The molecule has 0 fully saturated rings. The van der Waals surface area contributed by atoms with Crippen LogP contribution in [0.15, 0.2) is 24.3 Å². The first-order valence-corrected chi connectivity index (χ1v) is 6.91. The molecule has 1 heterocycles. The van der Waals surface area contributed by atoms with Crippen LogP contribution in [0.5, 0.6) is 5.75 Å². The Kier molecular flexibility index (Phi) is 4.56. The van der Waals surface area contributed by atoms with Gasteiger partial charge < -0.3 is 10.5 Å². The number of hydrogen-bond acceptors (Lipinski definition) is 3. The van der Waals surface area contributed by atoms with Gasteiger partial charge in [-0.05, 0) is 43.2 Å². The lowest BCUT2D eigenvalue weighted by Crippen LogP contribution is -2.14. The molecule has 1 aromatic carbocycles. The van der Waals surface area contributed by atoms with Gasteiger partial charge in [0.1, 0.15) is 5.75 Å². The van der Waals surface area contributed by atoms with Gasteiger partial charge in [0.05, 0.1) is 18.5 Å². The van der Waals surface area contributed by atoms with E-state index in [0.717, 1.165) is 40.8 Å². The number of aryl methyl sites for hydroxylation is 1. The molecule has 0 aliphatic carbocycles. The molecule has 4 heteroatoms. The molecule has 4 nitrogen and oxygen atoms in total. The normalized spacial score (nSPS) is 10.7. The molecular formula is C16H20N2O2. The van der Waals surface area contributed by atoms with Gasteiger partial charge in [-0.2, -0.15) is 0 Å². The lowest BCUT2D eigenvalue weighted by molar-refractivity contribution is -0.117. The van der Waals surface area contributed by atoms with E-state index in [-0.39, 0.29) is 12.3 Å². The number of nitrogens with two attached hydrogens (primary N) is 1. The molecule has 106 valence electrons. The highest BCUT2D eigenvalue weighted by molar-refractivity contribution is 5.88. The molecule has 2 rings (SSSR count). The standard InChI is InChI=1S/C16H20N2O2/c1-3-4-7-20-13-5-6-15-14(10-13)12(9-16(17)19)8-11(2)18-15/h5-6,8,10H,3-4,7,9H2,1-2H3,(H2,17,19). The first kappa shape index (κ1) is 14.3. The van der Waals surface area contributed by atoms with Crippen molar-refractivity contribution in [3.63, 3.8) is 0 Å². The van der Waals surface area contributed by atoms with E-state index in [1.54, 1.807) is 0 Å². The third kappa shape index (κ3) is 3.47. The van der Waals surface area contributed by atoms with Crippen LogP contribution in [0.2, 0.25) is 0 Å². The number of nitrogens with zero attached hydrogens (tertiary/aromatic N) is 1. The van der Waals surface area contributed by atoms with Gasteiger partial charge in [-0.15, -0.1) is 0 Å². The molecular weight excluding hydrogens is 252 g/mol. The largest absolute Gasteiger partial charge is 0.494 e. The van der Waals surface area contributed by atoms with E-state index in [2.05, 4.69) is 11.9 Å². The number of pyridine rings is 1. The summed E-state index contributed by atoms with van der Waals surface area (Å²) in [5.41, 5.74) is 7.96. The highest BCUT2D eigenvalue weighted by atomic mass is 16.5. The van der Waals surface area contributed by atoms with Gasteiger partial charge >= 0.3 is 0 Å². The Bertz CT molecular complexity index is 623. The molecule has 2 N–H and O–H groups in total. The fourth-order valence-electron chi connectivity index (χ4n) is 2.18. The van der Waals surface area contributed by atoms with E-state index in [1.165, 1.54) is 0 Å². The molecule has 0 unspecified atom stereocenters. The van der Waals surface area contributed by atoms with Crippen LogP contribution < -0.4 is 10.5 Å². The van der Waals surface area contributed by atoms with Gasteiger partial charge in [-0.25, -0.2) is 0 Å². The first-order valence-electron chi connectivity index (χ1n) is 6.91. The third-order valence-corrected chi connectivity index (χ3v) is 3.13. The zero-order valence-electron chi connectivity index (χ0n) is 12.0. The lowest BCUT2D eigenvalue weighted by atomic mass is 10.0. The van der Waals surface area contributed by atoms with Gasteiger partial charge in [-0.1, -0.05) is 13.3 Å². The number of aromatic nitrogens is 1. The molecule has 0 bridgehead atoms. The Morgan fingerprint density at radius 2 is 2.15 bits per heavy atom. The van der Waals surface area contributed by atoms with E-state index >= 15 is 0 Å². The number of amides is 1. The third-order valence-electron chi connectivity index (χ3n) is 3.13. The predicted molar refractivity (Wildman–Crippen MR) is 79.8 cm³/mol. The number of unbranched alkanes of at least 4 members (excludes halogenated alkanes) is 1. The van der Waals surface area contributed by atoms with Crippen LogP contribution in [-0.2, 0) is 11.2 Å². The quantitative estimate of drug-likeness (QED) is 0.822. The van der Waals surface area contributed by atoms with Crippen LogP contribution in [0.25, 0.3) is 10.9 Å². The smallest absolute Gasteiger partial charge is 0.221 e. The topological polar surface area (TPSA) is 65.2 Å². The van der Waals surface area contributed by atoms with E-state index < -0.39 is 0 Å². The summed E-state index contributed by atoms with van der Waals surface area (Å²) in [5.74, 6) is 0.469. The average molecular weight is 272 g/mol. The minimum Gasteiger partial charge on any atom is -0.494 e. The molecule has 1 amide bonds. The second kappa shape index (κ2) is 6.37. The van der Waals surface area contributed by atoms with Crippen molar-refractivity contribution >= 4 is 16.8 Å². The number of fused-ring (bicyclic) bond motifs is 1. The number of hydrogen-bond donors (Lipinski definition) is 1. The number of ether oxygens (including phenoxy) is 1. The Morgan fingerprint density at radius 3 is 2.85 bits per heavy atom. The summed E-state index contributed by atoms with van der Waals surface area (Å²) >= 11 is 0. The maximum Gasteiger partial charge on any atom is 0.221 e. The van der Waals surface area contributed by atoms with E-state index in [4.69, 9.17) is 10.5 Å². The Hall–Kier alpha value is -2.10. The summed E-state index contributed by atoms with van der Waals surface area (Å²) in [5, 5.41) is 0.934. The van der Waals surface area contributed by atoms with Crippen molar-refractivity contribution in [3.05, 3.63) is 35.5 Å². The molecule has 0 aliphatic rings. The zero-order valence-corrected chi connectivity index (χ0v) is 12.0. The maximum absolute atomic E-state index is 11.2. The minimum atomic E-state index is -0.339. The van der Waals surface area contributed by atoms with Gasteiger partial charge in [0.15, 0.2) is 0 Å². The van der Waals surface area contributed by atoms with Crippen molar-refractivity contribution in [2.45, 2.75) is 33.1 Å². The van der Waals surface area contributed by atoms with Crippen LogP contribution in [0.3, 0.4) is 0 Å². The molecule has 0 aliphatic heterocycles. The molecule has 0 saturated heterocycles. The molecule has 1 aromatic heterocycles. The number of carbonyl (C=O) groups is 1. The van der Waals surface area contributed by atoms with E-state index in [0.29, 0.717) is 6.61 Å². The van der Waals surface area contributed by atoms with Crippen LogP contribution in [0.4, 0.5) is 0 Å². The number of carbonyl (C=O) groups excluding carboxylic acids is 1. The van der Waals surface area contributed by atoms with Crippen molar-refractivity contribution in [3.8, 4) is 5.75 Å². The van der Waals surface area contributed by atoms with Crippen LogP contribution in [0.1, 0.15) is 31.0 Å².